The first-order valence-corrected chi connectivity index (χ1v) is 8.43. The maximum Gasteiger partial charge on any atom is 0.152 e. The van der Waals surface area contributed by atoms with E-state index in [2.05, 4.69) is 5.10 Å². The minimum Gasteiger partial charge on any atom is -0.255 e. The molecule has 112 valence electrons. The zero-order valence-electron chi connectivity index (χ0n) is 11.7. The summed E-state index contributed by atoms with van der Waals surface area (Å²) in [6.45, 7) is 0. The van der Waals surface area contributed by atoms with Crippen LogP contribution in [0.2, 0.25) is 5.15 Å². The Bertz CT molecular complexity index is 828. The zero-order chi connectivity index (χ0) is 15.7. The number of benzene rings is 2. The van der Waals surface area contributed by atoms with Crippen molar-refractivity contribution in [2.24, 2.45) is 0 Å². The zero-order valence-corrected chi connectivity index (χ0v) is 13.2. The van der Waals surface area contributed by atoms with Crippen molar-refractivity contribution >= 4 is 22.4 Å². The molecule has 0 aliphatic heterocycles. The Labute approximate surface area is 134 Å². The fourth-order valence-corrected chi connectivity index (χ4v) is 2.85. The van der Waals surface area contributed by atoms with Crippen LogP contribution in [-0.2, 0) is 10.8 Å². The van der Waals surface area contributed by atoms with Gasteiger partial charge in [-0.3, -0.25) is 4.21 Å². The summed E-state index contributed by atoms with van der Waals surface area (Å²) in [6, 6.07) is 15.1. The minimum atomic E-state index is -1.02. The molecule has 3 nitrogen and oxygen atoms in total. The maximum absolute atomic E-state index is 13.1. The summed E-state index contributed by atoms with van der Waals surface area (Å²) in [5.74, 6) is -0.307. The number of hydrogen-bond acceptors (Lipinski definition) is 2. The van der Waals surface area contributed by atoms with Crippen molar-refractivity contribution in [3.63, 3.8) is 0 Å². The minimum absolute atomic E-state index is 0.307. The van der Waals surface area contributed by atoms with E-state index in [0.717, 1.165) is 16.2 Å². The summed E-state index contributed by atoms with van der Waals surface area (Å²) in [5, 5.41) is 4.59. The number of halogens is 2. The quantitative estimate of drug-likeness (QED) is 0.723. The summed E-state index contributed by atoms with van der Waals surface area (Å²) in [4.78, 5) is 0.752. The second-order valence-electron chi connectivity index (χ2n) is 4.72. The highest BCUT2D eigenvalue weighted by Crippen LogP contribution is 2.26. The van der Waals surface area contributed by atoms with Gasteiger partial charge < -0.3 is 0 Å². The van der Waals surface area contributed by atoms with E-state index in [1.807, 2.05) is 12.1 Å². The van der Waals surface area contributed by atoms with Gasteiger partial charge >= 0.3 is 0 Å². The van der Waals surface area contributed by atoms with Crippen molar-refractivity contribution in [3.8, 4) is 16.9 Å². The van der Waals surface area contributed by atoms with Crippen LogP contribution in [0.4, 0.5) is 4.39 Å². The van der Waals surface area contributed by atoms with Gasteiger partial charge in [0.05, 0.1) is 11.4 Å². The van der Waals surface area contributed by atoms with Crippen molar-refractivity contribution in [1.29, 1.82) is 0 Å². The largest absolute Gasteiger partial charge is 0.255 e. The lowest BCUT2D eigenvalue weighted by Crippen LogP contribution is -1.99. The highest BCUT2D eigenvalue weighted by Gasteiger charge is 2.11. The molecule has 0 spiro atoms. The number of nitrogens with zero attached hydrogens (tertiary/aromatic N) is 2. The smallest absolute Gasteiger partial charge is 0.152 e. The van der Waals surface area contributed by atoms with Crippen LogP contribution in [0, 0.1) is 5.82 Å². The van der Waals surface area contributed by atoms with Crippen LogP contribution in [0.25, 0.3) is 16.9 Å². The third-order valence-corrected chi connectivity index (χ3v) is 4.35. The number of hydrogen-bond donors (Lipinski definition) is 0. The normalized spacial score (nSPS) is 12.3. The molecule has 22 heavy (non-hydrogen) atoms. The SMILES string of the molecule is CS(=O)c1ccc(-c2cc(Cl)nn2-c2ccc(F)cc2)cc1. The fourth-order valence-electron chi connectivity index (χ4n) is 2.15. The average molecular weight is 335 g/mol. The Morgan fingerprint density at radius 3 is 2.32 bits per heavy atom. The molecule has 2 aromatic carbocycles. The van der Waals surface area contributed by atoms with Gasteiger partial charge in [0.2, 0.25) is 0 Å². The van der Waals surface area contributed by atoms with E-state index < -0.39 is 10.8 Å². The van der Waals surface area contributed by atoms with Gasteiger partial charge in [-0.05, 0) is 36.4 Å². The summed E-state index contributed by atoms with van der Waals surface area (Å²) in [6.07, 6.45) is 1.63. The Morgan fingerprint density at radius 1 is 1.09 bits per heavy atom. The molecule has 6 heteroatoms. The van der Waals surface area contributed by atoms with Crippen molar-refractivity contribution in [2.45, 2.75) is 4.90 Å². The molecule has 0 radical (unpaired) electrons. The van der Waals surface area contributed by atoms with E-state index in [-0.39, 0.29) is 5.82 Å². The predicted molar refractivity (Wildman–Crippen MR) is 86.3 cm³/mol. The van der Waals surface area contributed by atoms with E-state index in [0.29, 0.717) is 10.8 Å². The van der Waals surface area contributed by atoms with Crippen LogP contribution in [0.5, 0.6) is 0 Å². The van der Waals surface area contributed by atoms with E-state index in [1.165, 1.54) is 12.1 Å². The van der Waals surface area contributed by atoms with Crippen molar-refractivity contribution in [1.82, 2.24) is 9.78 Å². The van der Waals surface area contributed by atoms with Crippen LogP contribution >= 0.6 is 11.6 Å². The van der Waals surface area contributed by atoms with Gasteiger partial charge in [0.25, 0.3) is 0 Å². The van der Waals surface area contributed by atoms with Gasteiger partial charge in [-0.2, -0.15) is 5.10 Å². The molecule has 0 fully saturated rings. The molecule has 3 aromatic rings. The third-order valence-electron chi connectivity index (χ3n) is 3.23. The summed E-state index contributed by atoms with van der Waals surface area (Å²) < 4.78 is 26.2. The average Bonchev–Trinajstić information content (AvgIpc) is 2.90. The molecule has 0 saturated carbocycles. The first-order chi connectivity index (χ1) is 10.5. The van der Waals surface area contributed by atoms with Gasteiger partial charge in [-0.15, -0.1) is 0 Å². The van der Waals surface area contributed by atoms with Crippen LogP contribution in [0.3, 0.4) is 0 Å². The number of rotatable bonds is 3. The number of aromatic nitrogens is 2. The fraction of sp³-hybridized carbons (Fsp3) is 0.0625. The molecule has 1 unspecified atom stereocenters. The van der Waals surface area contributed by atoms with Crippen molar-refractivity contribution < 1.29 is 8.60 Å². The lowest BCUT2D eigenvalue weighted by Gasteiger charge is -2.08. The molecule has 0 aliphatic carbocycles. The molecular formula is C16H12ClFN2OS. The molecular weight excluding hydrogens is 323 g/mol. The van der Waals surface area contributed by atoms with Crippen LogP contribution in [0.15, 0.2) is 59.5 Å². The van der Waals surface area contributed by atoms with Crippen LogP contribution < -0.4 is 0 Å². The monoisotopic (exact) mass is 334 g/mol. The summed E-state index contributed by atoms with van der Waals surface area (Å²) in [7, 11) is -1.02. The van der Waals surface area contributed by atoms with E-state index in [1.54, 1.807) is 41.3 Å². The van der Waals surface area contributed by atoms with E-state index in [4.69, 9.17) is 11.6 Å². The van der Waals surface area contributed by atoms with E-state index >= 15 is 0 Å². The molecule has 0 amide bonds. The topological polar surface area (TPSA) is 34.9 Å². The summed E-state index contributed by atoms with van der Waals surface area (Å²) in [5.41, 5.74) is 2.38. The van der Waals surface area contributed by atoms with Crippen molar-refractivity contribution in [2.75, 3.05) is 6.26 Å². The van der Waals surface area contributed by atoms with Gasteiger partial charge in [-0.25, -0.2) is 9.07 Å². The maximum atomic E-state index is 13.1. The predicted octanol–water partition coefficient (Wildman–Crippen LogP) is 4.07. The third kappa shape index (κ3) is 2.96. The van der Waals surface area contributed by atoms with Gasteiger partial charge in [0, 0.05) is 33.6 Å². The molecule has 0 aliphatic rings. The van der Waals surface area contributed by atoms with Gasteiger partial charge in [0.1, 0.15) is 5.82 Å². The molecule has 1 heterocycles. The molecule has 0 saturated heterocycles. The highest BCUT2D eigenvalue weighted by atomic mass is 35.5. The molecule has 3 rings (SSSR count). The Balaban J connectivity index is 2.07. The van der Waals surface area contributed by atoms with E-state index in [9.17, 15) is 8.60 Å². The first-order valence-electron chi connectivity index (χ1n) is 6.50. The molecule has 1 atom stereocenters. The van der Waals surface area contributed by atoms with Crippen molar-refractivity contribution in [3.05, 3.63) is 65.6 Å². The lowest BCUT2D eigenvalue weighted by molar-refractivity contribution is 0.627. The Hall–Kier alpha value is -1.98. The summed E-state index contributed by atoms with van der Waals surface area (Å²) >= 11 is 6.02. The second-order valence-corrected chi connectivity index (χ2v) is 6.49. The van der Waals surface area contributed by atoms with Crippen LogP contribution in [-0.4, -0.2) is 20.2 Å². The lowest BCUT2D eigenvalue weighted by atomic mass is 10.1. The van der Waals surface area contributed by atoms with Gasteiger partial charge in [-0.1, -0.05) is 23.7 Å². The Morgan fingerprint density at radius 2 is 1.73 bits per heavy atom. The standard InChI is InChI=1S/C16H12ClFN2OS/c1-22(21)14-8-2-11(3-9-14)15-10-16(17)19-20(15)13-6-4-12(18)5-7-13/h2-10H,1H3. The van der Waals surface area contributed by atoms with Crippen LogP contribution in [0.1, 0.15) is 0 Å². The van der Waals surface area contributed by atoms with Gasteiger partial charge in [0.15, 0.2) is 5.15 Å². The Kier molecular flexibility index (Phi) is 4.09. The second kappa shape index (κ2) is 6.02. The molecule has 0 bridgehead atoms. The highest BCUT2D eigenvalue weighted by molar-refractivity contribution is 7.84. The first kappa shape index (κ1) is 14.9. The molecule has 1 aromatic heterocycles. The molecule has 0 N–H and O–H groups in total.